The highest BCUT2D eigenvalue weighted by atomic mass is 79.9. The standard InChI is InChI=1S/C14H17BrN2S2/c1-2-7-16-8-12-9-19-14(17-12)10-18-13-5-3-11(15)4-6-13/h3-6,9,16H,2,7-8,10H2,1H3. The van der Waals surface area contributed by atoms with E-state index >= 15 is 0 Å². The Labute approximate surface area is 131 Å². The van der Waals surface area contributed by atoms with E-state index < -0.39 is 0 Å². The van der Waals surface area contributed by atoms with Gasteiger partial charge in [-0.3, -0.25) is 0 Å². The molecule has 0 unspecified atom stereocenters. The van der Waals surface area contributed by atoms with E-state index in [1.165, 1.54) is 9.90 Å². The number of halogens is 1. The van der Waals surface area contributed by atoms with E-state index in [2.05, 4.69) is 62.8 Å². The van der Waals surface area contributed by atoms with Gasteiger partial charge in [0.15, 0.2) is 0 Å². The predicted molar refractivity (Wildman–Crippen MR) is 87.8 cm³/mol. The SMILES string of the molecule is CCCNCc1csc(CSc2ccc(Br)cc2)n1. The van der Waals surface area contributed by atoms with E-state index in [1.807, 2.05) is 11.8 Å². The van der Waals surface area contributed by atoms with Gasteiger partial charge < -0.3 is 5.32 Å². The van der Waals surface area contributed by atoms with Crippen LogP contribution in [0.3, 0.4) is 0 Å². The first-order valence-electron chi connectivity index (χ1n) is 6.30. The average Bonchev–Trinajstić information content (AvgIpc) is 2.86. The zero-order chi connectivity index (χ0) is 13.5. The third-order valence-electron chi connectivity index (χ3n) is 2.51. The van der Waals surface area contributed by atoms with Gasteiger partial charge in [-0.1, -0.05) is 22.9 Å². The van der Waals surface area contributed by atoms with Crippen LogP contribution in [0.5, 0.6) is 0 Å². The monoisotopic (exact) mass is 356 g/mol. The van der Waals surface area contributed by atoms with Crippen molar-refractivity contribution in [3.8, 4) is 0 Å². The third-order valence-corrected chi connectivity index (χ3v) is 5.14. The molecule has 0 fully saturated rings. The molecule has 0 atom stereocenters. The van der Waals surface area contributed by atoms with Crippen LogP contribution in [0.15, 0.2) is 39.0 Å². The highest BCUT2D eigenvalue weighted by Gasteiger charge is 2.03. The zero-order valence-corrected chi connectivity index (χ0v) is 14.1. The molecule has 0 radical (unpaired) electrons. The highest BCUT2D eigenvalue weighted by Crippen LogP contribution is 2.25. The van der Waals surface area contributed by atoms with Gasteiger partial charge in [0.25, 0.3) is 0 Å². The number of nitrogens with one attached hydrogen (secondary N) is 1. The second-order valence-corrected chi connectivity index (χ2v) is 7.06. The summed E-state index contributed by atoms with van der Waals surface area (Å²) in [5.41, 5.74) is 1.16. The Balaban J connectivity index is 1.81. The van der Waals surface area contributed by atoms with Crippen LogP contribution >= 0.6 is 39.0 Å². The Morgan fingerprint density at radius 3 is 2.84 bits per heavy atom. The van der Waals surface area contributed by atoms with Gasteiger partial charge in [0.2, 0.25) is 0 Å². The minimum Gasteiger partial charge on any atom is -0.311 e. The minimum absolute atomic E-state index is 0.882. The van der Waals surface area contributed by atoms with Crippen molar-refractivity contribution >= 4 is 39.0 Å². The summed E-state index contributed by atoms with van der Waals surface area (Å²) < 4.78 is 1.12. The normalized spacial score (nSPS) is 10.8. The quantitative estimate of drug-likeness (QED) is 0.574. The summed E-state index contributed by atoms with van der Waals surface area (Å²) in [6.45, 7) is 4.11. The van der Waals surface area contributed by atoms with Crippen LogP contribution in [0.1, 0.15) is 24.0 Å². The number of thioether (sulfide) groups is 1. The number of hydrogen-bond acceptors (Lipinski definition) is 4. The van der Waals surface area contributed by atoms with Crippen LogP contribution in [0.4, 0.5) is 0 Å². The molecule has 2 aromatic rings. The number of nitrogens with zero attached hydrogens (tertiary/aromatic N) is 1. The molecule has 0 aliphatic carbocycles. The van der Waals surface area contributed by atoms with Gasteiger partial charge in [0.1, 0.15) is 5.01 Å². The molecule has 1 aromatic carbocycles. The van der Waals surface area contributed by atoms with E-state index in [0.717, 1.165) is 35.4 Å². The number of benzene rings is 1. The molecule has 0 bridgehead atoms. The molecule has 2 nitrogen and oxygen atoms in total. The Bertz CT molecular complexity index is 496. The summed E-state index contributed by atoms with van der Waals surface area (Å²) >= 11 is 7.03. The molecule has 0 spiro atoms. The van der Waals surface area contributed by atoms with Crippen molar-refractivity contribution in [2.24, 2.45) is 0 Å². The summed E-state index contributed by atoms with van der Waals surface area (Å²) in [6.07, 6.45) is 1.16. The first kappa shape index (κ1) is 15.0. The number of thiazole rings is 1. The minimum atomic E-state index is 0.882. The maximum Gasteiger partial charge on any atom is 0.103 e. The molecule has 0 amide bonds. The zero-order valence-electron chi connectivity index (χ0n) is 10.9. The van der Waals surface area contributed by atoms with Crippen molar-refractivity contribution in [1.29, 1.82) is 0 Å². The Hall–Kier alpha value is -0.360. The lowest BCUT2D eigenvalue weighted by atomic mass is 10.4. The first-order valence-corrected chi connectivity index (χ1v) is 8.96. The van der Waals surface area contributed by atoms with Gasteiger partial charge in [-0.05, 0) is 37.2 Å². The largest absolute Gasteiger partial charge is 0.311 e. The Kier molecular flexibility index (Phi) is 6.37. The molecule has 0 saturated heterocycles. The molecule has 19 heavy (non-hydrogen) atoms. The van der Waals surface area contributed by atoms with Gasteiger partial charge in [-0.2, -0.15) is 0 Å². The van der Waals surface area contributed by atoms with Crippen LogP contribution in [-0.2, 0) is 12.3 Å². The molecule has 102 valence electrons. The molecule has 0 saturated carbocycles. The van der Waals surface area contributed by atoms with Crippen LogP contribution in [0.2, 0.25) is 0 Å². The molecular formula is C14H17BrN2S2. The van der Waals surface area contributed by atoms with Crippen molar-refractivity contribution < 1.29 is 0 Å². The van der Waals surface area contributed by atoms with E-state index in [0.29, 0.717) is 0 Å². The topological polar surface area (TPSA) is 24.9 Å². The lowest BCUT2D eigenvalue weighted by Gasteiger charge is -2.00. The maximum absolute atomic E-state index is 4.64. The molecular weight excluding hydrogens is 340 g/mol. The number of aromatic nitrogens is 1. The third kappa shape index (κ3) is 5.26. The smallest absolute Gasteiger partial charge is 0.103 e. The highest BCUT2D eigenvalue weighted by molar-refractivity contribution is 9.10. The summed E-state index contributed by atoms with van der Waals surface area (Å²) in [5.74, 6) is 0.945. The van der Waals surface area contributed by atoms with E-state index in [1.54, 1.807) is 11.3 Å². The predicted octanol–water partition coefficient (Wildman–Crippen LogP) is 4.70. The molecule has 1 heterocycles. The van der Waals surface area contributed by atoms with Gasteiger partial charge in [0.05, 0.1) is 11.4 Å². The van der Waals surface area contributed by atoms with Crippen molar-refractivity contribution in [3.05, 3.63) is 44.8 Å². The van der Waals surface area contributed by atoms with Crippen LogP contribution in [0, 0.1) is 0 Å². The van der Waals surface area contributed by atoms with Gasteiger partial charge >= 0.3 is 0 Å². The summed E-state index contributed by atoms with van der Waals surface area (Å²) in [7, 11) is 0. The number of hydrogen-bond donors (Lipinski definition) is 1. The lowest BCUT2D eigenvalue weighted by molar-refractivity contribution is 0.666. The molecule has 2 rings (SSSR count). The molecule has 1 aromatic heterocycles. The molecule has 5 heteroatoms. The van der Waals surface area contributed by atoms with Crippen LogP contribution in [-0.4, -0.2) is 11.5 Å². The van der Waals surface area contributed by atoms with Crippen LogP contribution in [0.25, 0.3) is 0 Å². The fraction of sp³-hybridized carbons (Fsp3) is 0.357. The van der Waals surface area contributed by atoms with Crippen molar-refractivity contribution in [1.82, 2.24) is 10.3 Å². The van der Waals surface area contributed by atoms with Gasteiger partial charge in [-0.15, -0.1) is 23.1 Å². The van der Waals surface area contributed by atoms with Crippen molar-refractivity contribution in [3.63, 3.8) is 0 Å². The van der Waals surface area contributed by atoms with E-state index in [9.17, 15) is 0 Å². The fourth-order valence-corrected chi connectivity index (χ4v) is 3.54. The number of rotatable bonds is 7. The summed E-state index contributed by atoms with van der Waals surface area (Å²) in [5, 5.41) is 6.73. The second-order valence-electron chi connectivity index (χ2n) is 4.15. The summed E-state index contributed by atoms with van der Waals surface area (Å²) in [6, 6.07) is 8.41. The Morgan fingerprint density at radius 1 is 1.32 bits per heavy atom. The Morgan fingerprint density at radius 2 is 2.11 bits per heavy atom. The van der Waals surface area contributed by atoms with E-state index in [4.69, 9.17) is 0 Å². The molecule has 0 aliphatic heterocycles. The molecule has 0 aliphatic rings. The average molecular weight is 357 g/mol. The summed E-state index contributed by atoms with van der Waals surface area (Å²) in [4.78, 5) is 5.92. The molecule has 1 N–H and O–H groups in total. The van der Waals surface area contributed by atoms with Crippen molar-refractivity contribution in [2.45, 2.75) is 30.5 Å². The first-order chi connectivity index (χ1) is 9.28. The lowest BCUT2D eigenvalue weighted by Crippen LogP contribution is -2.13. The fourth-order valence-electron chi connectivity index (χ4n) is 1.57. The van der Waals surface area contributed by atoms with E-state index in [-0.39, 0.29) is 0 Å². The van der Waals surface area contributed by atoms with Crippen molar-refractivity contribution in [2.75, 3.05) is 6.54 Å². The van der Waals surface area contributed by atoms with Gasteiger partial charge in [0, 0.05) is 21.3 Å². The second kappa shape index (κ2) is 8.04. The van der Waals surface area contributed by atoms with Gasteiger partial charge in [-0.25, -0.2) is 4.98 Å². The maximum atomic E-state index is 4.64. The van der Waals surface area contributed by atoms with Crippen LogP contribution < -0.4 is 5.32 Å².